The summed E-state index contributed by atoms with van der Waals surface area (Å²) >= 11 is 0. The summed E-state index contributed by atoms with van der Waals surface area (Å²) < 4.78 is 14.0. The van der Waals surface area contributed by atoms with Crippen molar-refractivity contribution in [1.29, 1.82) is 0 Å². The monoisotopic (exact) mass is 207 g/mol. The van der Waals surface area contributed by atoms with Crippen LogP contribution in [0.2, 0.25) is 0 Å². The lowest BCUT2D eigenvalue weighted by Gasteiger charge is -2.18. The third kappa shape index (κ3) is 2.20. The lowest BCUT2D eigenvalue weighted by molar-refractivity contribution is 0.562. The van der Waals surface area contributed by atoms with Crippen LogP contribution < -0.4 is 5.32 Å². The number of benzene rings is 1. The first kappa shape index (κ1) is 10.6. The van der Waals surface area contributed by atoms with E-state index >= 15 is 0 Å². The Balaban J connectivity index is 2.26. The molecular weight excluding hydrogens is 189 g/mol. The van der Waals surface area contributed by atoms with E-state index in [2.05, 4.69) is 11.4 Å². The molecule has 1 N–H and O–H groups in total. The van der Waals surface area contributed by atoms with Crippen molar-refractivity contribution >= 4 is 0 Å². The second-order valence-corrected chi connectivity index (χ2v) is 4.24. The predicted molar refractivity (Wildman–Crippen MR) is 60.7 cm³/mol. The molecule has 1 aliphatic carbocycles. The Morgan fingerprint density at radius 3 is 2.87 bits per heavy atom. The van der Waals surface area contributed by atoms with Crippen LogP contribution in [0.4, 0.5) is 4.39 Å². The Bertz CT molecular complexity index is 347. The summed E-state index contributed by atoms with van der Waals surface area (Å²) in [6.07, 6.45) is 5.12. The number of likely N-dealkylation sites (N-methyl/N-ethyl adjacent to an activating group) is 1. The molecule has 0 radical (unpaired) electrons. The Morgan fingerprint density at radius 1 is 1.27 bits per heavy atom. The molecule has 82 valence electrons. The zero-order chi connectivity index (χ0) is 10.7. The first-order chi connectivity index (χ1) is 7.33. The highest BCUT2D eigenvalue weighted by atomic mass is 19.1. The molecule has 0 amide bonds. The maximum atomic E-state index is 14.0. The van der Waals surface area contributed by atoms with Crippen molar-refractivity contribution in [1.82, 2.24) is 5.32 Å². The zero-order valence-electron chi connectivity index (χ0n) is 9.28. The molecule has 15 heavy (non-hydrogen) atoms. The Kier molecular flexibility index (Phi) is 3.37. The van der Waals surface area contributed by atoms with E-state index in [0.29, 0.717) is 0 Å². The molecule has 0 bridgehead atoms. The molecule has 0 aliphatic heterocycles. The molecule has 0 atom stereocenters. The van der Waals surface area contributed by atoms with Gasteiger partial charge in [-0.05, 0) is 62.4 Å². The molecule has 1 aromatic rings. The van der Waals surface area contributed by atoms with Gasteiger partial charge in [0.05, 0.1) is 0 Å². The fourth-order valence-electron chi connectivity index (χ4n) is 2.28. The van der Waals surface area contributed by atoms with Crippen LogP contribution in [0.5, 0.6) is 0 Å². The number of hydrogen-bond donors (Lipinski definition) is 1. The molecule has 1 aliphatic rings. The minimum absolute atomic E-state index is 0.0578. The van der Waals surface area contributed by atoms with E-state index in [4.69, 9.17) is 0 Å². The lowest BCUT2D eigenvalue weighted by atomic mass is 9.89. The number of fused-ring (bicyclic) bond motifs is 1. The Morgan fingerprint density at radius 2 is 2.07 bits per heavy atom. The van der Waals surface area contributed by atoms with Crippen molar-refractivity contribution in [2.24, 2.45) is 0 Å². The molecule has 0 unspecified atom stereocenters. The van der Waals surface area contributed by atoms with Crippen LogP contribution in [0.25, 0.3) is 0 Å². The van der Waals surface area contributed by atoms with E-state index in [1.165, 1.54) is 12.0 Å². The highest BCUT2D eigenvalue weighted by Gasteiger charge is 2.15. The second-order valence-electron chi connectivity index (χ2n) is 4.24. The zero-order valence-corrected chi connectivity index (χ0v) is 9.28. The van der Waals surface area contributed by atoms with E-state index < -0.39 is 0 Å². The molecule has 0 heterocycles. The van der Waals surface area contributed by atoms with Gasteiger partial charge in [-0.25, -0.2) is 4.39 Å². The SMILES string of the molecule is CNCCc1ccc2c(c1F)CCCC2. The quantitative estimate of drug-likeness (QED) is 0.803. The van der Waals surface area contributed by atoms with Crippen LogP contribution >= 0.6 is 0 Å². The van der Waals surface area contributed by atoms with E-state index in [0.717, 1.165) is 43.4 Å². The molecule has 1 aromatic carbocycles. The van der Waals surface area contributed by atoms with Gasteiger partial charge in [0.25, 0.3) is 0 Å². The summed E-state index contributed by atoms with van der Waals surface area (Å²) in [5.74, 6) is 0.0578. The van der Waals surface area contributed by atoms with Crippen LogP contribution in [0.3, 0.4) is 0 Å². The molecule has 0 aromatic heterocycles. The summed E-state index contributed by atoms with van der Waals surface area (Å²) in [5.41, 5.74) is 3.08. The van der Waals surface area contributed by atoms with Gasteiger partial charge in [-0.15, -0.1) is 0 Å². The van der Waals surface area contributed by atoms with Gasteiger partial charge in [0.2, 0.25) is 0 Å². The number of nitrogens with one attached hydrogen (secondary N) is 1. The first-order valence-corrected chi connectivity index (χ1v) is 5.76. The second kappa shape index (κ2) is 4.75. The number of hydrogen-bond acceptors (Lipinski definition) is 1. The number of aryl methyl sites for hydroxylation is 1. The maximum absolute atomic E-state index is 14.0. The van der Waals surface area contributed by atoms with Crippen LogP contribution in [0.1, 0.15) is 29.5 Å². The average Bonchev–Trinajstić information content (AvgIpc) is 2.29. The molecule has 0 fully saturated rings. The van der Waals surface area contributed by atoms with E-state index in [9.17, 15) is 4.39 Å². The molecule has 0 saturated carbocycles. The Labute approximate surface area is 90.7 Å². The normalized spacial score (nSPS) is 15.1. The summed E-state index contributed by atoms with van der Waals surface area (Å²) in [5, 5.41) is 3.06. The van der Waals surface area contributed by atoms with Gasteiger partial charge in [-0.1, -0.05) is 12.1 Å². The number of rotatable bonds is 3. The Hall–Kier alpha value is -0.890. The van der Waals surface area contributed by atoms with Gasteiger partial charge in [-0.2, -0.15) is 0 Å². The van der Waals surface area contributed by atoms with Crippen molar-refractivity contribution in [2.75, 3.05) is 13.6 Å². The van der Waals surface area contributed by atoms with E-state index in [1.807, 2.05) is 13.1 Å². The van der Waals surface area contributed by atoms with Gasteiger partial charge in [0, 0.05) is 0 Å². The van der Waals surface area contributed by atoms with Crippen molar-refractivity contribution in [3.05, 3.63) is 34.6 Å². The summed E-state index contributed by atoms with van der Waals surface area (Å²) in [4.78, 5) is 0. The molecule has 0 spiro atoms. The minimum Gasteiger partial charge on any atom is -0.319 e. The molecule has 2 rings (SSSR count). The van der Waals surface area contributed by atoms with Crippen molar-refractivity contribution in [2.45, 2.75) is 32.1 Å². The average molecular weight is 207 g/mol. The third-order valence-electron chi connectivity index (χ3n) is 3.19. The largest absolute Gasteiger partial charge is 0.319 e. The fraction of sp³-hybridized carbons (Fsp3) is 0.538. The van der Waals surface area contributed by atoms with Crippen LogP contribution in [0.15, 0.2) is 12.1 Å². The van der Waals surface area contributed by atoms with Gasteiger partial charge < -0.3 is 5.32 Å². The van der Waals surface area contributed by atoms with Crippen molar-refractivity contribution in [3.8, 4) is 0 Å². The summed E-state index contributed by atoms with van der Waals surface area (Å²) in [6, 6.07) is 4.07. The van der Waals surface area contributed by atoms with Crippen LogP contribution in [0, 0.1) is 5.82 Å². The van der Waals surface area contributed by atoms with Gasteiger partial charge in [0.15, 0.2) is 0 Å². The van der Waals surface area contributed by atoms with Gasteiger partial charge in [0.1, 0.15) is 5.82 Å². The standard InChI is InChI=1S/C13H18FN/c1-15-9-8-11-7-6-10-4-2-3-5-12(10)13(11)14/h6-7,15H,2-5,8-9H2,1H3. The molecule has 2 heteroatoms. The van der Waals surface area contributed by atoms with Crippen molar-refractivity contribution < 1.29 is 4.39 Å². The topological polar surface area (TPSA) is 12.0 Å². The fourth-order valence-corrected chi connectivity index (χ4v) is 2.28. The maximum Gasteiger partial charge on any atom is 0.129 e. The van der Waals surface area contributed by atoms with Gasteiger partial charge in [-0.3, -0.25) is 0 Å². The molecule has 1 nitrogen and oxygen atoms in total. The highest BCUT2D eigenvalue weighted by molar-refractivity contribution is 5.35. The van der Waals surface area contributed by atoms with Crippen molar-refractivity contribution in [3.63, 3.8) is 0 Å². The van der Waals surface area contributed by atoms with E-state index in [1.54, 1.807) is 0 Å². The summed E-state index contributed by atoms with van der Waals surface area (Å²) in [6.45, 7) is 0.843. The van der Waals surface area contributed by atoms with Crippen LogP contribution in [-0.2, 0) is 19.3 Å². The summed E-state index contributed by atoms with van der Waals surface area (Å²) in [7, 11) is 1.90. The van der Waals surface area contributed by atoms with Crippen LogP contribution in [-0.4, -0.2) is 13.6 Å². The molecular formula is C13H18FN. The van der Waals surface area contributed by atoms with E-state index in [-0.39, 0.29) is 5.82 Å². The highest BCUT2D eigenvalue weighted by Crippen LogP contribution is 2.25. The number of halogens is 1. The smallest absolute Gasteiger partial charge is 0.129 e. The third-order valence-corrected chi connectivity index (χ3v) is 3.19. The first-order valence-electron chi connectivity index (χ1n) is 5.76. The lowest BCUT2D eigenvalue weighted by Crippen LogP contribution is -2.13. The predicted octanol–water partition coefficient (Wildman–Crippen LogP) is 2.47. The van der Waals surface area contributed by atoms with Gasteiger partial charge >= 0.3 is 0 Å². The molecule has 0 saturated heterocycles. The minimum atomic E-state index is 0.0578.